The Morgan fingerprint density at radius 1 is 1.26 bits per heavy atom. The molecule has 1 aliphatic carbocycles. The number of rotatable bonds is 2. The lowest BCUT2D eigenvalue weighted by atomic mass is 9.97. The Labute approximate surface area is 140 Å². The smallest absolute Gasteiger partial charge is 0.197 e. The van der Waals surface area contributed by atoms with Crippen LogP contribution in [0.4, 0.5) is 5.95 Å². The van der Waals surface area contributed by atoms with Crippen LogP contribution in [0.5, 0.6) is 0 Å². The van der Waals surface area contributed by atoms with Crippen LogP contribution < -0.4 is 5.73 Å². The standard InChI is InChI=1S/C13H18.C5H9N3.C2H2/c1-4-10-7-5-6-8-11(10)12-9-13(12,2)3;1-3-4(2)8-5(6)7-3;1-2/h5-8,12H,4,9H2,1-3H3;1-2H3,(H3,6,7,8);1-2H/t12-;;/m0../s1. The molecule has 3 heteroatoms. The van der Waals surface area contributed by atoms with Crippen molar-refractivity contribution in [1.29, 1.82) is 0 Å². The number of imidazole rings is 1. The van der Waals surface area contributed by atoms with Gasteiger partial charge in [-0.1, -0.05) is 45.0 Å². The summed E-state index contributed by atoms with van der Waals surface area (Å²) in [6.45, 7) is 10.8. The third-order valence-electron chi connectivity index (χ3n) is 4.47. The minimum Gasteiger partial charge on any atom is -0.369 e. The monoisotopic (exact) mass is 311 g/mol. The third kappa shape index (κ3) is 4.89. The van der Waals surface area contributed by atoms with Crippen LogP contribution in [0.25, 0.3) is 0 Å². The van der Waals surface area contributed by atoms with Crippen LogP contribution in [0.15, 0.2) is 24.3 Å². The minimum atomic E-state index is 0.500. The Hall–Kier alpha value is -2.21. The average molecular weight is 311 g/mol. The minimum absolute atomic E-state index is 0.500. The van der Waals surface area contributed by atoms with E-state index in [0.29, 0.717) is 11.4 Å². The molecule has 1 fully saturated rings. The zero-order valence-corrected chi connectivity index (χ0v) is 15.0. The van der Waals surface area contributed by atoms with Crippen molar-refractivity contribution in [2.75, 3.05) is 5.73 Å². The number of aryl methyl sites for hydroxylation is 3. The summed E-state index contributed by atoms with van der Waals surface area (Å²) in [6.07, 6.45) is 10.5. The van der Waals surface area contributed by atoms with E-state index in [2.05, 4.69) is 67.9 Å². The zero-order chi connectivity index (χ0) is 17.6. The lowest BCUT2D eigenvalue weighted by molar-refractivity contribution is 0.620. The first-order valence-corrected chi connectivity index (χ1v) is 8.05. The van der Waals surface area contributed by atoms with Gasteiger partial charge in [-0.15, -0.1) is 12.8 Å². The lowest BCUT2D eigenvalue weighted by Gasteiger charge is -2.08. The quantitative estimate of drug-likeness (QED) is 0.795. The molecule has 0 aliphatic heterocycles. The van der Waals surface area contributed by atoms with Gasteiger partial charge in [0.25, 0.3) is 0 Å². The van der Waals surface area contributed by atoms with Gasteiger partial charge in [0.05, 0.1) is 5.69 Å². The van der Waals surface area contributed by atoms with Gasteiger partial charge in [0.2, 0.25) is 0 Å². The summed E-state index contributed by atoms with van der Waals surface area (Å²) in [5.74, 6) is 1.32. The van der Waals surface area contributed by atoms with E-state index < -0.39 is 0 Å². The average Bonchev–Trinajstić information content (AvgIpc) is 3.07. The predicted molar refractivity (Wildman–Crippen MR) is 99.3 cm³/mol. The van der Waals surface area contributed by atoms with E-state index in [1.807, 2.05) is 13.8 Å². The third-order valence-corrected chi connectivity index (χ3v) is 4.47. The molecule has 0 saturated heterocycles. The van der Waals surface area contributed by atoms with Crippen molar-refractivity contribution in [2.45, 2.75) is 53.4 Å². The van der Waals surface area contributed by atoms with Crippen LogP contribution >= 0.6 is 0 Å². The van der Waals surface area contributed by atoms with Crippen molar-refractivity contribution < 1.29 is 0 Å². The van der Waals surface area contributed by atoms with Crippen molar-refractivity contribution in [3.05, 3.63) is 46.8 Å². The summed E-state index contributed by atoms with van der Waals surface area (Å²) in [5.41, 5.74) is 11.0. The molecule has 0 amide bonds. The van der Waals surface area contributed by atoms with E-state index in [-0.39, 0.29) is 0 Å². The maximum atomic E-state index is 5.31. The van der Waals surface area contributed by atoms with E-state index >= 15 is 0 Å². The lowest BCUT2D eigenvalue weighted by Crippen LogP contribution is -1.94. The van der Waals surface area contributed by atoms with Crippen LogP contribution in [0.2, 0.25) is 0 Å². The molecule has 1 heterocycles. The molecule has 1 aromatic heterocycles. The highest BCUT2D eigenvalue weighted by Crippen LogP contribution is 2.59. The molecule has 1 aliphatic rings. The second kappa shape index (κ2) is 7.87. The van der Waals surface area contributed by atoms with Gasteiger partial charge >= 0.3 is 0 Å². The fourth-order valence-corrected chi connectivity index (χ4v) is 2.77. The highest BCUT2D eigenvalue weighted by atomic mass is 15.0. The molecule has 3 N–H and O–H groups in total. The summed E-state index contributed by atoms with van der Waals surface area (Å²) < 4.78 is 0. The molecule has 0 radical (unpaired) electrons. The number of nitrogens with two attached hydrogens (primary N) is 1. The fourth-order valence-electron chi connectivity index (χ4n) is 2.77. The van der Waals surface area contributed by atoms with Gasteiger partial charge in [-0.05, 0) is 49.1 Å². The van der Waals surface area contributed by atoms with Gasteiger partial charge in [-0.3, -0.25) is 0 Å². The van der Waals surface area contributed by atoms with Gasteiger partial charge in [0, 0.05) is 5.69 Å². The van der Waals surface area contributed by atoms with Crippen molar-refractivity contribution in [3.63, 3.8) is 0 Å². The zero-order valence-electron chi connectivity index (χ0n) is 15.0. The molecule has 1 saturated carbocycles. The normalized spacial score (nSPS) is 17.3. The number of benzene rings is 1. The number of hydrogen-bond acceptors (Lipinski definition) is 2. The van der Waals surface area contributed by atoms with Crippen LogP contribution in [0, 0.1) is 32.1 Å². The number of nitrogens with one attached hydrogen (secondary N) is 1. The molecule has 2 aromatic rings. The second-order valence-corrected chi connectivity index (χ2v) is 6.63. The summed E-state index contributed by atoms with van der Waals surface area (Å²) >= 11 is 0. The van der Waals surface area contributed by atoms with E-state index in [9.17, 15) is 0 Å². The number of nitrogens with zero attached hydrogens (tertiary/aromatic N) is 1. The summed E-state index contributed by atoms with van der Waals surface area (Å²) in [5, 5.41) is 0. The fraction of sp³-hybridized carbons (Fsp3) is 0.450. The number of H-pyrrole nitrogens is 1. The van der Waals surface area contributed by atoms with E-state index in [4.69, 9.17) is 5.73 Å². The van der Waals surface area contributed by atoms with Crippen LogP contribution in [0.1, 0.15) is 55.6 Å². The summed E-state index contributed by atoms with van der Waals surface area (Å²) in [4.78, 5) is 6.81. The molecule has 0 unspecified atom stereocenters. The molecule has 1 atom stereocenters. The molecule has 0 spiro atoms. The topological polar surface area (TPSA) is 54.7 Å². The van der Waals surface area contributed by atoms with Crippen molar-refractivity contribution in [1.82, 2.24) is 9.97 Å². The van der Waals surface area contributed by atoms with Gasteiger partial charge in [0.15, 0.2) is 5.95 Å². The number of terminal acetylenes is 1. The van der Waals surface area contributed by atoms with Gasteiger partial charge < -0.3 is 10.7 Å². The molecule has 124 valence electrons. The number of aromatic nitrogens is 2. The number of aromatic amines is 1. The van der Waals surface area contributed by atoms with Crippen molar-refractivity contribution in [3.8, 4) is 12.8 Å². The van der Waals surface area contributed by atoms with Gasteiger partial charge in [-0.2, -0.15) is 0 Å². The van der Waals surface area contributed by atoms with Gasteiger partial charge in [0.1, 0.15) is 0 Å². The first kappa shape index (κ1) is 18.8. The van der Waals surface area contributed by atoms with Crippen LogP contribution in [-0.2, 0) is 6.42 Å². The first-order valence-electron chi connectivity index (χ1n) is 8.05. The number of nitrogen functional groups attached to an aromatic ring is 1. The molecule has 0 bridgehead atoms. The van der Waals surface area contributed by atoms with E-state index in [1.165, 1.54) is 18.4 Å². The molecule has 3 rings (SSSR count). The molecule has 1 aromatic carbocycles. The Kier molecular flexibility index (Phi) is 6.45. The van der Waals surface area contributed by atoms with Crippen molar-refractivity contribution >= 4 is 5.95 Å². The summed E-state index contributed by atoms with van der Waals surface area (Å²) in [6, 6.07) is 8.89. The number of anilines is 1. The van der Waals surface area contributed by atoms with Crippen LogP contribution in [0.3, 0.4) is 0 Å². The SMILES string of the molecule is C#C.CCc1ccccc1[C@@H]1CC1(C)C.Cc1nc(N)[nH]c1C. The Morgan fingerprint density at radius 3 is 2.17 bits per heavy atom. The van der Waals surface area contributed by atoms with Crippen molar-refractivity contribution in [2.24, 2.45) is 5.41 Å². The Bertz CT molecular complexity index is 630. The number of hydrogen-bond donors (Lipinski definition) is 2. The summed E-state index contributed by atoms with van der Waals surface area (Å²) in [7, 11) is 0. The molecular formula is C20H29N3. The Morgan fingerprint density at radius 2 is 1.83 bits per heavy atom. The predicted octanol–water partition coefficient (Wildman–Crippen LogP) is 4.62. The highest BCUT2D eigenvalue weighted by molar-refractivity contribution is 5.36. The molecule has 23 heavy (non-hydrogen) atoms. The van der Waals surface area contributed by atoms with Gasteiger partial charge in [-0.25, -0.2) is 4.98 Å². The van der Waals surface area contributed by atoms with E-state index in [1.54, 1.807) is 5.56 Å². The first-order chi connectivity index (χ1) is 10.8. The molecule has 3 nitrogen and oxygen atoms in total. The maximum absolute atomic E-state index is 5.31. The van der Waals surface area contributed by atoms with Crippen LogP contribution in [-0.4, -0.2) is 9.97 Å². The largest absolute Gasteiger partial charge is 0.369 e. The Balaban J connectivity index is 0.000000228. The van der Waals surface area contributed by atoms with E-state index in [0.717, 1.165) is 17.3 Å². The second-order valence-electron chi connectivity index (χ2n) is 6.63. The molecular weight excluding hydrogens is 282 g/mol. The maximum Gasteiger partial charge on any atom is 0.197 e. The highest BCUT2D eigenvalue weighted by Gasteiger charge is 2.46.